The van der Waals surface area contributed by atoms with Gasteiger partial charge in [0, 0.05) is 31.0 Å². The Morgan fingerprint density at radius 3 is 2.49 bits per heavy atom. The van der Waals surface area contributed by atoms with E-state index in [1.54, 1.807) is 25.4 Å². The van der Waals surface area contributed by atoms with E-state index in [9.17, 15) is 18.0 Å². The molecule has 1 amide bonds. The molecule has 0 spiro atoms. The fourth-order valence-electron chi connectivity index (χ4n) is 4.89. The summed E-state index contributed by atoms with van der Waals surface area (Å²) in [6, 6.07) is 8.67. The largest absolute Gasteiger partial charge is 0.481 e. The molecule has 186 valence electrons. The summed E-state index contributed by atoms with van der Waals surface area (Å²) in [6.45, 7) is 0.373. The molecule has 1 aliphatic carbocycles. The molecule has 2 heterocycles. The van der Waals surface area contributed by atoms with Crippen molar-refractivity contribution in [1.82, 2.24) is 15.3 Å². The number of amides is 1. The average molecular weight is 488 g/mol. The van der Waals surface area contributed by atoms with Gasteiger partial charge in [-0.2, -0.15) is 13.2 Å². The summed E-state index contributed by atoms with van der Waals surface area (Å²) < 4.78 is 50.3. The fourth-order valence-corrected chi connectivity index (χ4v) is 4.89. The quantitative estimate of drug-likeness (QED) is 0.485. The molecule has 2 aromatic heterocycles. The maximum absolute atomic E-state index is 13.3. The highest BCUT2D eigenvalue weighted by Gasteiger charge is 2.33. The number of hydrogen-bond donors (Lipinski definition) is 1. The second kappa shape index (κ2) is 10.6. The van der Waals surface area contributed by atoms with Crippen LogP contribution >= 0.6 is 0 Å². The first-order valence-corrected chi connectivity index (χ1v) is 11.6. The molecule has 35 heavy (non-hydrogen) atoms. The highest BCUT2D eigenvalue weighted by atomic mass is 19.4. The third kappa shape index (κ3) is 5.73. The van der Waals surface area contributed by atoms with E-state index in [2.05, 4.69) is 15.3 Å². The summed E-state index contributed by atoms with van der Waals surface area (Å²) in [5.41, 5.74) is 1.24. The molecule has 0 saturated heterocycles. The molecule has 9 heteroatoms. The van der Waals surface area contributed by atoms with Crippen molar-refractivity contribution in [2.45, 2.75) is 43.8 Å². The van der Waals surface area contributed by atoms with Gasteiger partial charge in [0.1, 0.15) is 0 Å². The molecular formula is C26H28F3N3O3. The van der Waals surface area contributed by atoms with Crippen LogP contribution in [0.3, 0.4) is 0 Å². The summed E-state index contributed by atoms with van der Waals surface area (Å²) in [4.78, 5) is 21.1. The van der Waals surface area contributed by atoms with E-state index >= 15 is 0 Å². The molecule has 1 aromatic carbocycles. The number of carbonyl (C=O) groups is 1. The molecular weight excluding hydrogens is 459 g/mol. The van der Waals surface area contributed by atoms with Gasteiger partial charge in [-0.15, -0.1) is 0 Å². The summed E-state index contributed by atoms with van der Waals surface area (Å²) >= 11 is 0. The summed E-state index contributed by atoms with van der Waals surface area (Å²) in [5.74, 6) is 0.522. The number of ether oxygens (including phenoxy) is 2. The number of fused-ring (bicyclic) bond motifs is 1. The monoisotopic (exact) mass is 487 g/mol. The van der Waals surface area contributed by atoms with Gasteiger partial charge < -0.3 is 14.8 Å². The standard InChI is InChI=1S/C26H28F3N3O3/c1-34-15-23(32-25(33)18-7-10-24(35-2)31-14-18)17-5-3-16(4-6-17)20-11-12-30-22-9-8-19(13-21(20)22)26(27,28)29/h7-14,16-17,23H,3-6,15H2,1-2H3,(H,32,33). The maximum atomic E-state index is 13.3. The first-order chi connectivity index (χ1) is 16.8. The van der Waals surface area contributed by atoms with Crippen LogP contribution in [0.1, 0.15) is 53.1 Å². The van der Waals surface area contributed by atoms with E-state index < -0.39 is 11.7 Å². The molecule has 0 aliphatic heterocycles. The minimum Gasteiger partial charge on any atom is -0.481 e. The second-order valence-electron chi connectivity index (χ2n) is 8.87. The van der Waals surface area contributed by atoms with Gasteiger partial charge in [-0.3, -0.25) is 9.78 Å². The Morgan fingerprint density at radius 2 is 1.86 bits per heavy atom. The average Bonchev–Trinajstić information content (AvgIpc) is 2.87. The normalized spacial score (nSPS) is 19.3. The molecule has 1 fully saturated rings. The first-order valence-electron chi connectivity index (χ1n) is 11.6. The molecule has 0 bridgehead atoms. The van der Waals surface area contributed by atoms with E-state index in [1.807, 2.05) is 6.07 Å². The second-order valence-corrected chi connectivity index (χ2v) is 8.87. The van der Waals surface area contributed by atoms with Gasteiger partial charge in [-0.25, -0.2) is 4.98 Å². The molecule has 1 unspecified atom stereocenters. The van der Waals surface area contributed by atoms with Crippen LogP contribution in [0.4, 0.5) is 13.2 Å². The zero-order valence-corrected chi connectivity index (χ0v) is 19.6. The van der Waals surface area contributed by atoms with E-state index in [0.717, 1.165) is 37.3 Å². The number of nitrogens with one attached hydrogen (secondary N) is 1. The fraction of sp³-hybridized carbons (Fsp3) is 0.423. The lowest BCUT2D eigenvalue weighted by Gasteiger charge is -2.34. The zero-order chi connectivity index (χ0) is 25.0. The molecule has 0 radical (unpaired) electrons. The minimum absolute atomic E-state index is 0.130. The SMILES string of the molecule is COCC(NC(=O)c1ccc(OC)nc1)C1CCC(c2ccnc3ccc(C(F)(F)F)cc23)CC1. The first kappa shape index (κ1) is 24.9. The van der Waals surface area contributed by atoms with E-state index in [-0.39, 0.29) is 23.8 Å². The highest BCUT2D eigenvalue weighted by molar-refractivity contribution is 5.94. The Balaban J connectivity index is 1.46. The van der Waals surface area contributed by atoms with E-state index in [1.165, 1.54) is 25.4 Å². The zero-order valence-electron chi connectivity index (χ0n) is 19.6. The number of methoxy groups -OCH3 is 2. The topological polar surface area (TPSA) is 73.3 Å². The molecule has 1 N–H and O–H groups in total. The smallest absolute Gasteiger partial charge is 0.416 e. The number of rotatable bonds is 7. The van der Waals surface area contributed by atoms with Crippen molar-refractivity contribution in [2.24, 2.45) is 5.92 Å². The molecule has 1 saturated carbocycles. The summed E-state index contributed by atoms with van der Waals surface area (Å²) in [6.07, 6.45) is 1.99. The van der Waals surface area contributed by atoms with Gasteiger partial charge in [-0.1, -0.05) is 0 Å². The van der Waals surface area contributed by atoms with Crippen molar-refractivity contribution < 1.29 is 27.4 Å². The van der Waals surface area contributed by atoms with Crippen LogP contribution in [0.25, 0.3) is 10.9 Å². The Hall–Kier alpha value is -3.20. The van der Waals surface area contributed by atoms with Crippen LogP contribution in [-0.4, -0.2) is 42.7 Å². The third-order valence-electron chi connectivity index (χ3n) is 6.75. The van der Waals surface area contributed by atoms with Crippen LogP contribution in [-0.2, 0) is 10.9 Å². The summed E-state index contributed by atoms with van der Waals surface area (Å²) in [5, 5.41) is 3.63. The lowest BCUT2D eigenvalue weighted by Crippen LogP contribution is -2.44. The lowest BCUT2D eigenvalue weighted by atomic mass is 9.75. The van der Waals surface area contributed by atoms with E-state index in [0.29, 0.717) is 29.0 Å². The minimum atomic E-state index is -4.40. The van der Waals surface area contributed by atoms with Crippen molar-refractivity contribution in [1.29, 1.82) is 0 Å². The van der Waals surface area contributed by atoms with Gasteiger partial charge in [0.25, 0.3) is 5.91 Å². The van der Waals surface area contributed by atoms with Crippen LogP contribution in [0.15, 0.2) is 48.8 Å². The van der Waals surface area contributed by atoms with Gasteiger partial charge in [0.15, 0.2) is 0 Å². The Bertz CT molecular complexity index is 1160. The molecule has 1 aliphatic rings. The van der Waals surface area contributed by atoms with Crippen LogP contribution in [0, 0.1) is 5.92 Å². The summed E-state index contributed by atoms with van der Waals surface area (Å²) in [7, 11) is 3.11. The van der Waals surface area contributed by atoms with Crippen molar-refractivity contribution in [3.8, 4) is 5.88 Å². The van der Waals surface area contributed by atoms with Gasteiger partial charge in [-0.05, 0) is 73.4 Å². The van der Waals surface area contributed by atoms with Gasteiger partial charge in [0.2, 0.25) is 5.88 Å². The molecule has 6 nitrogen and oxygen atoms in total. The highest BCUT2D eigenvalue weighted by Crippen LogP contribution is 2.40. The molecule has 4 rings (SSSR count). The Labute approximate surface area is 201 Å². The number of pyridine rings is 2. The number of hydrogen-bond acceptors (Lipinski definition) is 5. The van der Waals surface area contributed by atoms with Crippen molar-refractivity contribution in [2.75, 3.05) is 20.8 Å². The Kier molecular flexibility index (Phi) is 7.54. The number of benzene rings is 1. The number of aromatic nitrogens is 2. The Morgan fingerprint density at radius 1 is 1.09 bits per heavy atom. The van der Waals surface area contributed by atoms with Gasteiger partial charge in [0.05, 0.1) is 36.4 Å². The maximum Gasteiger partial charge on any atom is 0.416 e. The van der Waals surface area contributed by atoms with Crippen molar-refractivity contribution in [3.63, 3.8) is 0 Å². The van der Waals surface area contributed by atoms with Crippen molar-refractivity contribution in [3.05, 3.63) is 65.5 Å². The molecule has 3 aromatic rings. The van der Waals surface area contributed by atoms with Crippen LogP contribution in [0.2, 0.25) is 0 Å². The molecule has 1 atom stereocenters. The number of carbonyl (C=O) groups excluding carboxylic acids is 1. The van der Waals surface area contributed by atoms with Crippen molar-refractivity contribution >= 4 is 16.8 Å². The van der Waals surface area contributed by atoms with Gasteiger partial charge >= 0.3 is 6.18 Å². The predicted octanol–water partition coefficient (Wildman–Crippen LogP) is 5.38. The number of nitrogens with zero attached hydrogens (tertiary/aromatic N) is 2. The van der Waals surface area contributed by atoms with Crippen LogP contribution < -0.4 is 10.1 Å². The lowest BCUT2D eigenvalue weighted by molar-refractivity contribution is -0.137. The van der Waals surface area contributed by atoms with Crippen LogP contribution in [0.5, 0.6) is 5.88 Å². The van der Waals surface area contributed by atoms with E-state index in [4.69, 9.17) is 9.47 Å². The number of alkyl halides is 3. The predicted molar refractivity (Wildman–Crippen MR) is 125 cm³/mol. The third-order valence-corrected chi connectivity index (χ3v) is 6.75. The number of halogens is 3.